The fraction of sp³-hybridized carbons (Fsp3) is 0.462. The zero-order valence-corrected chi connectivity index (χ0v) is 12.0. The van der Waals surface area contributed by atoms with E-state index in [1.807, 2.05) is 18.2 Å². The monoisotopic (exact) mass is 314 g/mol. The number of methoxy groups -OCH3 is 2. The van der Waals surface area contributed by atoms with Gasteiger partial charge in [-0.15, -0.1) is 0 Å². The van der Waals surface area contributed by atoms with Crippen LogP contribution >= 0.6 is 15.9 Å². The summed E-state index contributed by atoms with van der Waals surface area (Å²) in [7, 11) is 3.03. The lowest BCUT2D eigenvalue weighted by atomic mass is 9.80. The Kier molecular flexibility index (Phi) is 3.92. The Hall–Kier alpha value is -1.07. The molecule has 1 fully saturated rings. The van der Waals surface area contributed by atoms with E-state index in [9.17, 15) is 4.79 Å². The van der Waals surface area contributed by atoms with Crippen LogP contribution in [0.1, 0.15) is 5.56 Å². The molecule has 0 radical (unpaired) electrons. The van der Waals surface area contributed by atoms with Gasteiger partial charge >= 0.3 is 5.97 Å². The minimum absolute atomic E-state index is 0.208. The lowest BCUT2D eigenvalue weighted by Crippen LogP contribution is -2.51. The van der Waals surface area contributed by atoms with Gasteiger partial charge in [0.1, 0.15) is 11.2 Å². The number of carbonyl (C=O) groups excluding carboxylic acids is 1. The summed E-state index contributed by atoms with van der Waals surface area (Å²) in [4.78, 5) is 11.8. The third kappa shape index (κ3) is 2.37. The fourth-order valence-corrected chi connectivity index (χ4v) is 2.66. The number of benzene rings is 1. The van der Waals surface area contributed by atoms with E-state index in [-0.39, 0.29) is 5.97 Å². The summed E-state index contributed by atoms with van der Waals surface area (Å²) in [6, 6.07) is 5.79. The van der Waals surface area contributed by atoms with Crippen LogP contribution in [0.3, 0.4) is 0 Å². The van der Waals surface area contributed by atoms with Gasteiger partial charge in [0.15, 0.2) is 0 Å². The van der Waals surface area contributed by atoms with E-state index in [1.54, 1.807) is 7.11 Å². The molecule has 0 saturated carbocycles. The van der Waals surface area contributed by atoms with Crippen molar-refractivity contribution in [3.8, 4) is 5.75 Å². The van der Waals surface area contributed by atoms with Crippen LogP contribution in [0, 0.1) is 5.41 Å². The molecule has 0 aromatic heterocycles. The Morgan fingerprint density at radius 2 is 2.17 bits per heavy atom. The summed E-state index contributed by atoms with van der Waals surface area (Å²) >= 11 is 3.44. The second-order valence-electron chi connectivity index (χ2n) is 4.41. The Morgan fingerprint density at radius 1 is 1.44 bits per heavy atom. The standard InChI is InChI=1S/C13H15BrO4/c1-16-11-4-3-9(5-10(11)14)6-13(7-18-8-13)12(15)17-2/h3-5H,6-8H2,1-2H3. The van der Waals surface area contributed by atoms with Gasteiger partial charge in [-0.2, -0.15) is 0 Å². The molecule has 0 spiro atoms. The average Bonchev–Trinajstić information content (AvgIpc) is 2.33. The van der Waals surface area contributed by atoms with E-state index in [4.69, 9.17) is 14.2 Å². The second-order valence-corrected chi connectivity index (χ2v) is 5.26. The van der Waals surface area contributed by atoms with Crippen LogP contribution in [0.5, 0.6) is 5.75 Å². The number of carbonyl (C=O) groups is 1. The summed E-state index contributed by atoms with van der Waals surface area (Å²) in [5.74, 6) is 0.566. The van der Waals surface area contributed by atoms with Gasteiger partial charge in [-0.25, -0.2) is 0 Å². The topological polar surface area (TPSA) is 44.8 Å². The van der Waals surface area contributed by atoms with Gasteiger partial charge in [0, 0.05) is 0 Å². The molecule has 2 rings (SSSR count). The van der Waals surface area contributed by atoms with Gasteiger partial charge in [-0.3, -0.25) is 4.79 Å². The van der Waals surface area contributed by atoms with Crippen molar-refractivity contribution < 1.29 is 19.0 Å². The Labute approximate surface area is 114 Å². The predicted molar refractivity (Wildman–Crippen MR) is 69.7 cm³/mol. The first-order valence-electron chi connectivity index (χ1n) is 5.60. The molecule has 0 amide bonds. The molecule has 5 heteroatoms. The highest BCUT2D eigenvalue weighted by Gasteiger charge is 2.47. The number of esters is 1. The van der Waals surface area contributed by atoms with E-state index < -0.39 is 5.41 Å². The predicted octanol–water partition coefficient (Wildman–Crippen LogP) is 2.19. The van der Waals surface area contributed by atoms with Gasteiger partial charge in [0.05, 0.1) is 31.9 Å². The fourth-order valence-electron chi connectivity index (χ4n) is 2.07. The number of ether oxygens (including phenoxy) is 3. The van der Waals surface area contributed by atoms with Crippen molar-refractivity contribution in [2.24, 2.45) is 5.41 Å². The molecule has 1 aromatic carbocycles. The van der Waals surface area contributed by atoms with Gasteiger partial charge < -0.3 is 14.2 Å². The van der Waals surface area contributed by atoms with Crippen LogP contribution in [0.2, 0.25) is 0 Å². The third-order valence-corrected chi connectivity index (χ3v) is 3.75. The maximum atomic E-state index is 11.8. The normalized spacial score (nSPS) is 16.8. The van der Waals surface area contributed by atoms with Crippen molar-refractivity contribution in [2.75, 3.05) is 27.4 Å². The number of halogens is 1. The highest BCUT2D eigenvalue weighted by molar-refractivity contribution is 9.10. The molecule has 98 valence electrons. The van der Waals surface area contributed by atoms with Crippen molar-refractivity contribution in [3.63, 3.8) is 0 Å². The van der Waals surface area contributed by atoms with Crippen molar-refractivity contribution >= 4 is 21.9 Å². The molecule has 0 aliphatic carbocycles. The number of hydrogen-bond acceptors (Lipinski definition) is 4. The summed E-state index contributed by atoms with van der Waals surface area (Å²) in [5, 5.41) is 0. The van der Waals surface area contributed by atoms with E-state index in [0.29, 0.717) is 19.6 Å². The molecule has 1 aliphatic heterocycles. The molecule has 0 N–H and O–H groups in total. The summed E-state index contributed by atoms with van der Waals surface area (Å²) in [6.45, 7) is 0.840. The second kappa shape index (κ2) is 5.28. The third-order valence-electron chi connectivity index (χ3n) is 3.13. The van der Waals surface area contributed by atoms with Crippen molar-refractivity contribution in [1.29, 1.82) is 0 Å². The van der Waals surface area contributed by atoms with Crippen LogP contribution < -0.4 is 4.74 Å². The summed E-state index contributed by atoms with van der Waals surface area (Å²) in [5.41, 5.74) is 0.527. The van der Waals surface area contributed by atoms with Crippen LogP contribution in [0.15, 0.2) is 22.7 Å². The zero-order valence-electron chi connectivity index (χ0n) is 10.4. The quantitative estimate of drug-likeness (QED) is 0.799. The van der Waals surface area contributed by atoms with E-state index in [1.165, 1.54) is 7.11 Å². The molecule has 1 aliphatic rings. The zero-order chi connectivity index (χ0) is 13.2. The first-order chi connectivity index (χ1) is 8.61. The molecular formula is C13H15BrO4. The van der Waals surface area contributed by atoms with Crippen molar-refractivity contribution in [2.45, 2.75) is 6.42 Å². The highest BCUT2D eigenvalue weighted by Crippen LogP contribution is 2.35. The molecular weight excluding hydrogens is 300 g/mol. The van der Waals surface area contributed by atoms with Crippen LogP contribution in [-0.2, 0) is 20.7 Å². The van der Waals surface area contributed by atoms with Gasteiger partial charge in [-0.1, -0.05) is 6.07 Å². The number of hydrogen-bond donors (Lipinski definition) is 0. The Bertz CT molecular complexity index is 454. The van der Waals surface area contributed by atoms with Gasteiger partial charge in [0.2, 0.25) is 0 Å². The smallest absolute Gasteiger partial charge is 0.316 e. The van der Waals surface area contributed by atoms with Crippen LogP contribution in [0.4, 0.5) is 0 Å². The lowest BCUT2D eigenvalue weighted by molar-refractivity contribution is -0.182. The van der Waals surface area contributed by atoms with E-state index >= 15 is 0 Å². The summed E-state index contributed by atoms with van der Waals surface area (Å²) < 4.78 is 16.1. The number of rotatable bonds is 4. The Morgan fingerprint density at radius 3 is 2.61 bits per heavy atom. The van der Waals surface area contributed by atoms with Gasteiger partial charge in [-0.05, 0) is 40.0 Å². The molecule has 4 nitrogen and oxygen atoms in total. The van der Waals surface area contributed by atoms with Crippen LogP contribution in [-0.4, -0.2) is 33.4 Å². The SMILES string of the molecule is COC(=O)C1(Cc2ccc(OC)c(Br)c2)COC1. The molecule has 0 bridgehead atoms. The largest absolute Gasteiger partial charge is 0.496 e. The molecule has 0 atom stereocenters. The maximum Gasteiger partial charge on any atom is 0.316 e. The molecule has 0 unspecified atom stereocenters. The van der Waals surface area contributed by atoms with Crippen molar-refractivity contribution in [1.82, 2.24) is 0 Å². The first kappa shape index (κ1) is 13.4. The van der Waals surface area contributed by atoms with E-state index in [2.05, 4.69) is 15.9 Å². The van der Waals surface area contributed by atoms with Crippen LogP contribution in [0.25, 0.3) is 0 Å². The van der Waals surface area contributed by atoms with Crippen molar-refractivity contribution in [3.05, 3.63) is 28.2 Å². The molecule has 1 heterocycles. The van der Waals surface area contributed by atoms with Gasteiger partial charge in [0.25, 0.3) is 0 Å². The van der Waals surface area contributed by atoms with E-state index in [0.717, 1.165) is 15.8 Å². The molecule has 18 heavy (non-hydrogen) atoms. The Balaban J connectivity index is 2.18. The molecule has 1 aromatic rings. The minimum Gasteiger partial charge on any atom is -0.496 e. The first-order valence-corrected chi connectivity index (χ1v) is 6.39. The lowest BCUT2D eigenvalue weighted by Gasteiger charge is -2.38. The summed E-state index contributed by atoms with van der Waals surface area (Å²) in [6.07, 6.45) is 0.613. The molecule has 1 saturated heterocycles. The average molecular weight is 315 g/mol. The minimum atomic E-state index is -0.525. The highest BCUT2D eigenvalue weighted by atomic mass is 79.9. The maximum absolute atomic E-state index is 11.8.